The van der Waals surface area contributed by atoms with Crippen LogP contribution in [0.5, 0.6) is 0 Å². The Morgan fingerprint density at radius 1 is 0.630 bits per heavy atom. The molecule has 0 fully saturated rings. The molecule has 7 nitrogen and oxygen atoms in total. The highest BCUT2D eigenvalue weighted by atomic mass is 15.4. The number of hydrogen-bond acceptors (Lipinski definition) is 5. The lowest BCUT2D eigenvalue weighted by atomic mass is 10.2. The molecule has 0 saturated heterocycles. The van der Waals surface area contributed by atoms with E-state index in [1.165, 1.54) is 11.1 Å². The molecule has 2 aromatic heterocycles. The summed E-state index contributed by atoms with van der Waals surface area (Å²) in [5.41, 5.74) is 4.22. The summed E-state index contributed by atoms with van der Waals surface area (Å²) in [6.45, 7) is 2.73. The Labute approximate surface area is 157 Å². The van der Waals surface area contributed by atoms with E-state index in [4.69, 9.17) is 0 Å². The summed E-state index contributed by atoms with van der Waals surface area (Å²) in [7, 11) is 0. The van der Waals surface area contributed by atoms with Gasteiger partial charge in [-0.15, -0.1) is 10.2 Å². The fourth-order valence-electron chi connectivity index (χ4n) is 2.85. The van der Waals surface area contributed by atoms with Crippen LogP contribution < -0.4 is 5.32 Å². The second kappa shape index (κ2) is 8.37. The van der Waals surface area contributed by atoms with Crippen LogP contribution in [0.4, 0.5) is 0 Å². The molecule has 0 amide bonds. The fraction of sp³-hybridized carbons (Fsp3) is 0.200. The Hall–Kier alpha value is -3.32. The summed E-state index contributed by atoms with van der Waals surface area (Å²) in [6, 6.07) is 20.5. The molecule has 1 N–H and O–H groups in total. The van der Waals surface area contributed by atoms with Crippen LogP contribution in [0.2, 0.25) is 0 Å². The number of nitrogens with zero attached hydrogens (tertiary/aromatic N) is 6. The third-order valence-electron chi connectivity index (χ3n) is 4.16. The molecule has 0 aliphatic heterocycles. The summed E-state index contributed by atoms with van der Waals surface area (Å²) in [5.74, 6) is 0. The van der Waals surface area contributed by atoms with Gasteiger partial charge in [0.05, 0.1) is 36.9 Å². The van der Waals surface area contributed by atoms with Crippen LogP contribution in [0.3, 0.4) is 0 Å². The molecule has 7 heteroatoms. The van der Waals surface area contributed by atoms with Gasteiger partial charge >= 0.3 is 0 Å². The van der Waals surface area contributed by atoms with Gasteiger partial charge < -0.3 is 5.32 Å². The monoisotopic (exact) mass is 359 g/mol. The quantitative estimate of drug-likeness (QED) is 0.522. The molecule has 27 heavy (non-hydrogen) atoms. The molecule has 4 rings (SSSR count). The predicted octanol–water partition coefficient (Wildman–Crippen LogP) is 2.26. The van der Waals surface area contributed by atoms with Gasteiger partial charge in [0.2, 0.25) is 0 Å². The standard InChI is InChI=1S/C20H21N7/c1-3-7-17(8-4-1)13-26-15-19(22-24-26)11-21-12-20-16-27(25-23-20)14-18-9-5-2-6-10-18/h1-10,15-16,21H,11-14H2. The molecule has 0 radical (unpaired) electrons. The first-order valence-corrected chi connectivity index (χ1v) is 8.92. The average molecular weight is 359 g/mol. The Bertz CT molecular complexity index is 880. The molecule has 136 valence electrons. The van der Waals surface area contributed by atoms with Crippen molar-refractivity contribution in [3.05, 3.63) is 95.6 Å². The zero-order chi connectivity index (χ0) is 18.3. The normalized spacial score (nSPS) is 11.0. The predicted molar refractivity (Wildman–Crippen MR) is 102 cm³/mol. The molecule has 2 heterocycles. The minimum atomic E-state index is 0.639. The first-order chi connectivity index (χ1) is 13.3. The lowest BCUT2D eigenvalue weighted by Crippen LogP contribution is -2.13. The van der Waals surface area contributed by atoms with E-state index in [0.29, 0.717) is 13.1 Å². The summed E-state index contributed by atoms with van der Waals surface area (Å²) >= 11 is 0. The van der Waals surface area contributed by atoms with Gasteiger partial charge in [-0.05, 0) is 11.1 Å². The van der Waals surface area contributed by atoms with Crippen LogP contribution >= 0.6 is 0 Å². The number of hydrogen-bond donors (Lipinski definition) is 1. The van der Waals surface area contributed by atoms with Crippen molar-refractivity contribution >= 4 is 0 Å². The van der Waals surface area contributed by atoms with E-state index in [1.807, 2.05) is 58.2 Å². The van der Waals surface area contributed by atoms with Gasteiger partial charge in [0.25, 0.3) is 0 Å². The topological polar surface area (TPSA) is 73.5 Å². The zero-order valence-electron chi connectivity index (χ0n) is 14.9. The van der Waals surface area contributed by atoms with E-state index in [9.17, 15) is 0 Å². The minimum absolute atomic E-state index is 0.639. The van der Waals surface area contributed by atoms with Gasteiger partial charge in [0.15, 0.2) is 0 Å². The Balaban J connectivity index is 1.25. The van der Waals surface area contributed by atoms with Crippen LogP contribution in [0.15, 0.2) is 73.1 Å². The lowest BCUT2D eigenvalue weighted by molar-refractivity contribution is 0.642. The Morgan fingerprint density at radius 3 is 1.52 bits per heavy atom. The van der Waals surface area contributed by atoms with Gasteiger partial charge in [-0.3, -0.25) is 0 Å². The minimum Gasteiger partial charge on any atom is -0.305 e. The molecule has 0 aliphatic rings. The van der Waals surface area contributed by atoms with E-state index in [2.05, 4.69) is 50.2 Å². The molecule has 0 saturated carbocycles. The number of benzene rings is 2. The molecule has 0 atom stereocenters. The van der Waals surface area contributed by atoms with Crippen LogP contribution in [-0.2, 0) is 26.2 Å². The van der Waals surface area contributed by atoms with E-state index >= 15 is 0 Å². The summed E-state index contributed by atoms with van der Waals surface area (Å²) in [4.78, 5) is 0. The number of nitrogens with one attached hydrogen (secondary N) is 1. The van der Waals surface area contributed by atoms with Crippen molar-refractivity contribution < 1.29 is 0 Å². The van der Waals surface area contributed by atoms with Crippen molar-refractivity contribution in [1.82, 2.24) is 35.3 Å². The molecular weight excluding hydrogens is 338 g/mol. The first kappa shape index (κ1) is 17.1. The Kier molecular flexibility index (Phi) is 5.31. The van der Waals surface area contributed by atoms with Gasteiger partial charge in [-0.25, -0.2) is 9.36 Å². The molecule has 0 unspecified atom stereocenters. The SMILES string of the molecule is c1ccc(Cn2cc(CNCc3cn(Cc4ccccc4)nn3)nn2)cc1. The first-order valence-electron chi connectivity index (χ1n) is 8.92. The maximum Gasteiger partial charge on any atom is 0.0965 e. The third kappa shape index (κ3) is 4.86. The van der Waals surface area contributed by atoms with Crippen LogP contribution in [0.1, 0.15) is 22.5 Å². The molecular formula is C20H21N7. The van der Waals surface area contributed by atoms with Crippen molar-refractivity contribution in [2.45, 2.75) is 26.2 Å². The highest BCUT2D eigenvalue weighted by Crippen LogP contribution is 2.04. The van der Waals surface area contributed by atoms with Gasteiger partial charge in [0.1, 0.15) is 0 Å². The summed E-state index contributed by atoms with van der Waals surface area (Å²) in [6.07, 6.45) is 3.93. The summed E-state index contributed by atoms with van der Waals surface area (Å²) < 4.78 is 3.70. The number of rotatable bonds is 8. The maximum absolute atomic E-state index is 4.21. The van der Waals surface area contributed by atoms with E-state index < -0.39 is 0 Å². The highest BCUT2D eigenvalue weighted by molar-refractivity contribution is 5.15. The van der Waals surface area contributed by atoms with Crippen molar-refractivity contribution in [3.8, 4) is 0 Å². The highest BCUT2D eigenvalue weighted by Gasteiger charge is 2.04. The van der Waals surface area contributed by atoms with Crippen molar-refractivity contribution in [3.63, 3.8) is 0 Å². The van der Waals surface area contributed by atoms with Crippen LogP contribution in [0, 0.1) is 0 Å². The molecule has 0 spiro atoms. The molecule has 4 aromatic rings. The van der Waals surface area contributed by atoms with Gasteiger partial charge in [-0.1, -0.05) is 71.1 Å². The maximum atomic E-state index is 4.21. The van der Waals surface area contributed by atoms with Crippen molar-refractivity contribution in [2.24, 2.45) is 0 Å². The van der Waals surface area contributed by atoms with Crippen LogP contribution in [0.25, 0.3) is 0 Å². The number of aromatic nitrogens is 6. The van der Waals surface area contributed by atoms with Crippen molar-refractivity contribution in [1.29, 1.82) is 0 Å². The molecule has 0 bridgehead atoms. The fourth-order valence-corrected chi connectivity index (χ4v) is 2.85. The summed E-state index contributed by atoms with van der Waals surface area (Å²) in [5, 5.41) is 20.1. The van der Waals surface area contributed by atoms with Gasteiger partial charge in [-0.2, -0.15) is 0 Å². The van der Waals surface area contributed by atoms with E-state index in [-0.39, 0.29) is 0 Å². The second-order valence-corrected chi connectivity index (χ2v) is 6.39. The smallest absolute Gasteiger partial charge is 0.0965 e. The second-order valence-electron chi connectivity index (χ2n) is 6.39. The van der Waals surface area contributed by atoms with Crippen LogP contribution in [-0.4, -0.2) is 30.0 Å². The Morgan fingerprint density at radius 2 is 1.07 bits per heavy atom. The largest absolute Gasteiger partial charge is 0.305 e. The van der Waals surface area contributed by atoms with Gasteiger partial charge in [0, 0.05) is 13.1 Å². The zero-order valence-corrected chi connectivity index (χ0v) is 14.9. The third-order valence-corrected chi connectivity index (χ3v) is 4.16. The lowest BCUT2D eigenvalue weighted by Gasteiger charge is -2.00. The van der Waals surface area contributed by atoms with E-state index in [1.54, 1.807) is 0 Å². The average Bonchev–Trinajstić information content (AvgIpc) is 3.33. The van der Waals surface area contributed by atoms with Crippen molar-refractivity contribution in [2.75, 3.05) is 0 Å². The molecule has 2 aromatic carbocycles. The molecule has 0 aliphatic carbocycles. The van der Waals surface area contributed by atoms with E-state index in [0.717, 1.165) is 24.5 Å².